The second-order valence-corrected chi connectivity index (χ2v) is 9.07. The average Bonchev–Trinajstić information content (AvgIpc) is 3.07. The minimum Gasteiger partial charge on any atom is -0.462 e. The van der Waals surface area contributed by atoms with Gasteiger partial charge in [0.2, 0.25) is 0 Å². The van der Waals surface area contributed by atoms with Gasteiger partial charge in [-0.3, -0.25) is 0 Å². The summed E-state index contributed by atoms with van der Waals surface area (Å²) in [5.74, 6) is -0.121. The minimum atomic E-state index is -0.480. The van der Waals surface area contributed by atoms with E-state index in [-0.39, 0.29) is 18.0 Å². The molecule has 4 heteroatoms. The van der Waals surface area contributed by atoms with Gasteiger partial charge >= 0.3 is 5.97 Å². The third kappa shape index (κ3) is 4.90. The zero-order valence-corrected chi connectivity index (χ0v) is 19.3. The Labute approximate surface area is 190 Å². The van der Waals surface area contributed by atoms with E-state index in [0.717, 1.165) is 13.0 Å². The van der Waals surface area contributed by atoms with Crippen LogP contribution in [0.1, 0.15) is 79.0 Å². The Morgan fingerprint density at radius 3 is 2.69 bits per heavy atom. The second-order valence-electron chi connectivity index (χ2n) is 9.07. The smallest absolute Gasteiger partial charge is 0.338 e. The predicted octanol–water partition coefficient (Wildman–Crippen LogP) is 5.19. The number of nitrogens with zero attached hydrogens (tertiary/aromatic N) is 1. The van der Waals surface area contributed by atoms with Gasteiger partial charge in [-0.1, -0.05) is 50.0 Å². The monoisotopic (exact) mass is 435 g/mol. The zero-order valence-electron chi connectivity index (χ0n) is 19.3. The number of carbonyl (C=O) groups excluding carboxylic acids is 1. The van der Waals surface area contributed by atoms with Crippen molar-refractivity contribution in [2.45, 2.75) is 71.8 Å². The summed E-state index contributed by atoms with van der Waals surface area (Å²) in [5, 5.41) is 2.48. The van der Waals surface area contributed by atoms with Crippen molar-refractivity contribution >= 4 is 18.1 Å². The van der Waals surface area contributed by atoms with E-state index >= 15 is 0 Å². The molecule has 2 aromatic rings. The van der Waals surface area contributed by atoms with Gasteiger partial charge in [0.15, 0.2) is 0 Å². The summed E-state index contributed by atoms with van der Waals surface area (Å²) in [6, 6.07) is 4.71. The minimum absolute atomic E-state index is 0.263. The first-order valence-electron chi connectivity index (χ1n) is 12.1. The van der Waals surface area contributed by atoms with Crippen LogP contribution in [-0.4, -0.2) is 17.1 Å². The van der Waals surface area contributed by atoms with Gasteiger partial charge in [-0.15, -0.1) is 0 Å². The van der Waals surface area contributed by atoms with Crippen molar-refractivity contribution in [2.24, 2.45) is 5.92 Å². The lowest BCUT2D eigenvalue weighted by molar-refractivity contribution is 0.0526. The van der Waals surface area contributed by atoms with E-state index < -0.39 is 5.97 Å². The molecule has 0 radical (unpaired) electrons. The molecule has 0 unspecified atom stereocenters. The highest BCUT2D eigenvalue weighted by Gasteiger charge is 2.19. The molecule has 4 rings (SSSR count). The molecule has 0 spiro atoms. The Bertz CT molecular complexity index is 1120. The van der Waals surface area contributed by atoms with Gasteiger partial charge in [-0.05, 0) is 73.6 Å². The van der Waals surface area contributed by atoms with E-state index in [1.807, 2.05) is 0 Å². The summed E-state index contributed by atoms with van der Waals surface area (Å²) in [6.07, 6.45) is 18.2. The van der Waals surface area contributed by atoms with Crippen molar-refractivity contribution in [1.82, 2.24) is 4.57 Å². The topological polar surface area (TPSA) is 31.2 Å². The molecule has 0 N–H and O–H groups in total. The van der Waals surface area contributed by atoms with E-state index in [1.54, 1.807) is 19.1 Å². The number of rotatable bonds is 6. The quantitative estimate of drug-likeness (QED) is 0.462. The maximum Gasteiger partial charge on any atom is 0.338 e. The van der Waals surface area contributed by atoms with Crippen molar-refractivity contribution in [2.75, 3.05) is 6.61 Å². The van der Waals surface area contributed by atoms with Crippen LogP contribution in [-0.2, 0) is 17.7 Å². The molecule has 32 heavy (non-hydrogen) atoms. The molecule has 0 atom stereocenters. The molecule has 2 aliphatic carbocycles. The third-order valence-electron chi connectivity index (χ3n) is 6.93. The van der Waals surface area contributed by atoms with Gasteiger partial charge in [0.05, 0.1) is 12.2 Å². The molecule has 1 aromatic carbocycles. The number of fused-ring (bicyclic) bond motifs is 1. The van der Waals surface area contributed by atoms with Crippen molar-refractivity contribution in [1.29, 1.82) is 0 Å². The molecule has 1 saturated carbocycles. The van der Waals surface area contributed by atoms with Crippen LogP contribution in [0.4, 0.5) is 4.39 Å². The first-order chi connectivity index (χ1) is 15.6. The van der Waals surface area contributed by atoms with E-state index in [9.17, 15) is 9.18 Å². The highest BCUT2D eigenvalue weighted by Crippen LogP contribution is 2.25. The fraction of sp³-hybridized carbons (Fsp3) is 0.464. The van der Waals surface area contributed by atoms with Crippen LogP contribution in [0.25, 0.3) is 12.2 Å². The van der Waals surface area contributed by atoms with Gasteiger partial charge in [0.1, 0.15) is 5.82 Å². The first kappa shape index (κ1) is 22.6. The van der Waals surface area contributed by atoms with Crippen LogP contribution in [0.3, 0.4) is 0 Å². The van der Waals surface area contributed by atoms with Gasteiger partial charge in [0, 0.05) is 24.0 Å². The Hall–Kier alpha value is -2.62. The normalized spacial score (nSPS) is 16.5. The molecule has 3 nitrogen and oxygen atoms in total. The molecular weight excluding hydrogens is 401 g/mol. The number of carbonyl (C=O) groups is 1. The summed E-state index contributed by atoms with van der Waals surface area (Å²) < 4.78 is 22.4. The Morgan fingerprint density at radius 2 is 1.97 bits per heavy atom. The number of benzene rings is 1. The number of halogens is 1. The molecule has 2 aliphatic rings. The summed E-state index contributed by atoms with van der Waals surface area (Å²) in [7, 11) is 0. The third-order valence-corrected chi connectivity index (χ3v) is 6.93. The summed E-state index contributed by atoms with van der Waals surface area (Å²) >= 11 is 0. The lowest BCUT2D eigenvalue weighted by atomic mass is 10.00. The number of hydrogen-bond acceptors (Lipinski definition) is 2. The van der Waals surface area contributed by atoms with Crippen LogP contribution in [0, 0.1) is 18.7 Å². The Morgan fingerprint density at radius 1 is 1.19 bits per heavy atom. The fourth-order valence-electron chi connectivity index (χ4n) is 5.16. The maximum atomic E-state index is 15.0. The Balaban J connectivity index is 1.69. The van der Waals surface area contributed by atoms with Crippen molar-refractivity contribution < 1.29 is 13.9 Å². The van der Waals surface area contributed by atoms with E-state index in [0.29, 0.717) is 17.9 Å². The zero-order chi connectivity index (χ0) is 22.5. The number of hydrogen-bond donors (Lipinski definition) is 0. The van der Waals surface area contributed by atoms with E-state index in [2.05, 4.69) is 35.8 Å². The van der Waals surface area contributed by atoms with Crippen molar-refractivity contribution in [3.05, 3.63) is 69.1 Å². The molecule has 0 aliphatic heterocycles. The van der Waals surface area contributed by atoms with E-state index in [1.165, 1.54) is 66.4 Å². The van der Waals surface area contributed by atoms with Crippen LogP contribution >= 0.6 is 0 Å². The van der Waals surface area contributed by atoms with Crippen LogP contribution in [0.2, 0.25) is 0 Å². The van der Waals surface area contributed by atoms with Crippen LogP contribution < -0.4 is 10.6 Å². The molecule has 0 bridgehead atoms. The lowest BCUT2D eigenvalue weighted by Gasteiger charge is -2.17. The fourth-order valence-corrected chi connectivity index (χ4v) is 5.16. The summed E-state index contributed by atoms with van der Waals surface area (Å²) in [5.41, 5.74) is 3.30. The van der Waals surface area contributed by atoms with E-state index in [4.69, 9.17) is 4.74 Å². The summed E-state index contributed by atoms with van der Waals surface area (Å²) in [6.45, 7) is 5.25. The van der Waals surface area contributed by atoms with Crippen molar-refractivity contribution in [3.63, 3.8) is 0 Å². The Kier molecular flexibility index (Phi) is 7.29. The molecular formula is C28H34FNO2. The average molecular weight is 436 g/mol. The lowest BCUT2D eigenvalue weighted by Crippen LogP contribution is -2.31. The van der Waals surface area contributed by atoms with Crippen LogP contribution in [0.15, 0.2) is 30.4 Å². The largest absolute Gasteiger partial charge is 0.462 e. The predicted molar refractivity (Wildman–Crippen MR) is 127 cm³/mol. The first-order valence-corrected chi connectivity index (χ1v) is 12.1. The second kappa shape index (κ2) is 10.3. The maximum absolute atomic E-state index is 15.0. The SMILES string of the molecule is CCOC(=O)c1ccc(Cc2c(C)n(CC3CCCCCC3)c3c2=CCC=CC=3)c(F)c1. The van der Waals surface area contributed by atoms with Gasteiger partial charge in [0.25, 0.3) is 0 Å². The number of esters is 1. The van der Waals surface area contributed by atoms with Gasteiger partial charge in [-0.25, -0.2) is 9.18 Å². The molecule has 1 heterocycles. The highest BCUT2D eigenvalue weighted by molar-refractivity contribution is 5.89. The molecule has 170 valence electrons. The standard InChI is InChI=1S/C28H34FNO2/c1-3-32-28(31)23-16-15-22(26(29)18-23)17-25-20(2)30(19-21-11-7-4-5-8-12-21)27-14-10-6-9-13-24(25)27/h6,10,13-16,18,21H,3-5,7-9,11-12,17,19H2,1-2H3. The van der Waals surface area contributed by atoms with Gasteiger partial charge < -0.3 is 9.30 Å². The molecule has 0 saturated heterocycles. The summed E-state index contributed by atoms with van der Waals surface area (Å²) in [4.78, 5) is 12.0. The number of allylic oxidation sites excluding steroid dienone is 2. The van der Waals surface area contributed by atoms with Gasteiger partial charge in [-0.2, -0.15) is 0 Å². The van der Waals surface area contributed by atoms with Crippen LogP contribution in [0.5, 0.6) is 0 Å². The molecule has 1 fully saturated rings. The molecule has 1 aromatic heterocycles. The van der Waals surface area contributed by atoms with Crippen molar-refractivity contribution in [3.8, 4) is 0 Å². The molecule has 0 amide bonds. The highest BCUT2D eigenvalue weighted by atomic mass is 19.1. The number of aromatic nitrogens is 1. The number of ether oxygens (including phenoxy) is 1.